The SMILES string of the molecule is Brc1nccs1.CC1(C)OB(c2cccs2)OC1(C)C.c1csc(-c2nccs2)c1. The molecule has 0 saturated carbocycles. The molecule has 0 amide bonds. The lowest BCUT2D eigenvalue weighted by Gasteiger charge is -2.32. The van der Waals surface area contributed by atoms with Gasteiger partial charge in [-0.05, 0) is 60.5 Å². The molecule has 0 spiro atoms. The van der Waals surface area contributed by atoms with Crippen LogP contribution < -0.4 is 4.78 Å². The van der Waals surface area contributed by atoms with Gasteiger partial charge in [-0.1, -0.05) is 18.2 Å². The van der Waals surface area contributed by atoms with Gasteiger partial charge in [0, 0.05) is 27.9 Å². The molecule has 30 heavy (non-hydrogen) atoms. The standard InChI is InChI=1S/C10H15BO2S.C7H5NS2.C3H2BrNS/c1-9(2)10(3,4)13-11(12-9)8-6-5-7-14-8;1-2-6(9-4-1)7-8-3-5-10-7;4-3-5-1-2-6-3/h5-7H,1-4H3;1-5H;1-2H. The van der Waals surface area contributed by atoms with E-state index in [9.17, 15) is 0 Å². The van der Waals surface area contributed by atoms with Crippen LogP contribution in [0.25, 0.3) is 9.88 Å². The topological polar surface area (TPSA) is 44.2 Å². The summed E-state index contributed by atoms with van der Waals surface area (Å²) < 4.78 is 13.9. The molecule has 4 aromatic heterocycles. The van der Waals surface area contributed by atoms with Gasteiger partial charge < -0.3 is 9.31 Å². The Kier molecular flexibility index (Phi) is 8.43. The maximum Gasteiger partial charge on any atom is 0.505 e. The highest BCUT2D eigenvalue weighted by Gasteiger charge is 2.52. The van der Waals surface area contributed by atoms with Crippen molar-refractivity contribution < 1.29 is 9.31 Å². The fraction of sp³-hybridized carbons (Fsp3) is 0.300. The first kappa shape index (κ1) is 23.8. The smallest absolute Gasteiger partial charge is 0.399 e. The van der Waals surface area contributed by atoms with E-state index in [0.717, 1.165) is 13.7 Å². The lowest BCUT2D eigenvalue weighted by atomic mass is 9.88. The summed E-state index contributed by atoms with van der Waals surface area (Å²) in [5, 5.41) is 9.14. The number of rotatable bonds is 2. The van der Waals surface area contributed by atoms with Gasteiger partial charge >= 0.3 is 7.12 Å². The number of thiophene rings is 2. The number of aromatic nitrogens is 2. The van der Waals surface area contributed by atoms with Gasteiger partial charge in [-0.2, -0.15) is 11.3 Å². The van der Waals surface area contributed by atoms with Gasteiger partial charge in [-0.3, -0.25) is 0 Å². The molecule has 4 aromatic rings. The molecule has 1 saturated heterocycles. The van der Waals surface area contributed by atoms with E-state index in [-0.39, 0.29) is 18.3 Å². The van der Waals surface area contributed by atoms with Crippen LogP contribution in [0.15, 0.2) is 62.1 Å². The third kappa shape index (κ3) is 6.32. The van der Waals surface area contributed by atoms with Gasteiger partial charge in [-0.15, -0.1) is 34.0 Å². The first-order valence-electron chi connectivity index (χ1n) is 9.16. The maximum atomic E-state index is 5.90. The van der Waals surface area contributed by atoms with Crippen LogP contribution in [0.2, 0.25) is 0 Å². The predicted molar refractivity (Wildman–Crippen MR) is 135 cm³/mol. The van der Waals surface area contributed by atoms with E-state index in [0.29, 0.717) is 0 Å². The van der Waals surface area contributed by atoms with Crippen molar-refractivity contribution in [3.8, 4) is 9.88 Å². The summed E-state index contributed by atoms with van der Waals surface area (Å²) in [4.78, 5) is 9.30. The number of halogens is 1. The molecule has 0 aliphatic carbocycles. The molecule has 0 bridgehead atoms. The molecule has 5 rings (SSSR count). The fourth-order valence-corrected chi connectivity index (χ4v) is 5.27. The molecule has 0 aromatic carbocycles. The Morgan fingerprint density at radius 2 is 1.43 bits per heavy atom. The average Bonchev–Trinajstić information content (AvgIpc) is 3.51. The summed E-state index contributed by atoms with van der Waals surface area (Å²) in [5.41, 5.74) is -0.469. The molecular formula is C20H22BBrN2O2S4. The van der Waals surface area contributed by atoms with Crippen LogP contribution in [0, 0.1) is 0 Å². The number of hydrogen-bond donors (Lipinski definition) is 0. The zero-order valence-electron chi connectivity index (χ0n) is 17.1. The fourth-order valence-electron chi connectivity index (χ4n) is 2.34. The Morgan fingerprint density at radius 3 is 1.87 bits per heavy atom. The molecule has 0 N–H and O–H groups in total. The second-order valence-electron chi connectivity index (χ2n) is 7.20. The average molecular weight is 541 g/mol. The summed E-state index contributed by atoms with van der Waals surface area (Å²) in [6, 6.07) is 8.20. The first-order valence-corrected chi connectivity index (χ1v) is 13.5. The Balaban J connectivity index is 0.000000139. The third-order valence-corrected chi connectivity index (χ3v) is 8.62. The second-order valence-corrected chi connectivity index (χ2v) is 12.2. The van der Waals surface area contributed by atoms with Gasteiger partial charge in [0.05, 0.1) is 16.1 Å². The van der Waals surface area contributed by atoms with E-state index in [2.05, 4.69) is 65.0 Å². The van der Waals surface area contributed by atoms with Crippen molar-refractivity contribution in [3.63, 3.8) is 0 Å². The van der Waals surface area contributed by atoms with Crippen LogP contribution in [0.5, 0.6) is 0 Å². The molecule has 0 atom stereocenters. The second kappa shape index (κ2) is 10.6. The van der Waals surface area contributed by atoms with Gasteiger partial charge in [0.1, 0.15) is 5.01 Å². The van der Waals surface area contributed by atoms with E-state index in [1.54, 1.807) is 51.5 Å². The highest BCUT2D eigenvalue weighted by molar-refractivity contribution is 9.11. The van der Waals surface area contributed by atoms with Crippen molar-refractivity contribution in [2.45, 2.75) is 38.9 Å². The number of nitrogens with zero attached hydrogens (tertiary/aromatic N) is 2. The molecule has 158 valence electrons. The van der Waals surface area contributed by atoms with E-state index in [1.165, 1.54) is 4.88 Å². The third-order valence-electron chi connectivity index (χ3n) is 4.60. The number of hydrogen-bond acceptors (Lipinski definition) is 8. The molecule has 10 heteroatoms. The number of thiazole rings is 2. The van der Waals surface area contributed by atoms with Crippen LogP contribution in [-0.2, 0) is 9.31 Å². The molecular weight excluding hydrogens is 519 g/mol. The molecule has 1 fully saturated rings. The van der Waals surface area contributed by atoms with Crippen molar-refractivity contribution in [1.29, 1.82) is 0 Å². The van der Waals surface area contributed by atoms with E-state index >= 15 is 0 Å². The Labute approximate surface area is 202 Å². The zero-order valence-corrected chi connectivity index (χ0v) is 21.9. The van der Waals surface area contributed by atoms with Crippen molar-refractivity contribution in [2.24, 2.45) is 0 Å². The van der Waals surface area contributed by atoms with E-state index < -0.39 is 0 Å². The van der Waals surface area contributed by atoms with Gasteiger partial charge in [-0.25, -0.2) is 9.97 Å². The highest BCUT2D eigenvalue weighted by atomic mass is 79.9. The first-order chi connectivity index (χ1) is 14.3. The maximum absolute atomic E-state index is 5.90. The van der Waals surface area contributed by atoms with Crippen molar-refractivity contribution in [3.05, 3.63) is 62.1 Å². The van der Waals surface area contributed by atoms with Crippen LogP contribution in [0.3, 0.4) is 0 Å². The minimum Gasteiger partial charge on any atom is -0.399 e. The molecule has 1 aliphatic rings. The van der Waals surface area contributed by atoms with Crippen molar-refractivity contribution >= 4 is 73.2 Å². The normalized spacial score (nSPS) is 16.4. The van der Waals surface area contributed by atoms with Crippen LogP contribution in [0.4, 0.5) is 0 Å². The summed E-state index contributed by atoms with van der Waals surface area (Å²) >= 11 is 9.85. The minimum atomic E-state index is -0.234. The Bertz CT molecular complexity index is 924. The molecule has 5 heterocycles. The largest absolute Gasteiger partial charge is 0.505 e. The Morgan fingerprint density at radius 1 is 0.800 bits per heavy atom. The van der Waals surface area contributed by atoms with Crippen molar-refractivity contribution in [2.75, 3.05) is 0 Å². The van der Waals surface area contributed by atoms with Crippen LogP contribution >= 0.6 is 61.3 Å². The quantitative estimate of drug-likeness (QED) is 0.261. The summed E-state index contributed by atoms with van der Waals surface area (Å²) in [6.45, 7) is 8.28. The molecule has 0 unspecified atom stereocenters. The van der Waals surface area contributed by atoms with Crippen LogP contribution in [-0.4, -0.2) is 28.3 Å². The Hall–Kier alpha value is -0.875. The zero-order chi connectivity index (χ0) is 21.6. The lowest BCUT2D eigenvalue weighted by Crippen LogP contribution is -2.41. The van der Waals surface area contributed by atoms with Crippen LogP contribution in [0.1, 0.15) is 27.7 Å². The monoisotopic (exact) mass is 540 g/mol. The molecule has 1 aliphatic heterocycles. The minimum absolute atomic E-state index is 0.194. The van der Waals surface area contributed by atoms with E-state index in [4.69, 9.17) is 9.31 Å². The molecule has 4 nitrogen and oxygen atoms in total. The van der Waals surface area contributed by atoms with Gasteiger partial charge in [0.2, 0.25) is 0 Å². The summed E-state index contributed by atoms with van der Waals surface area (Å²) in [5.74, 6) is 0. The van der Waals surface area contributed by atoms with Gasteiger partial charge in [0.25, 0.3) is 0 Å². The van der Waals surface area contributed by atoms with Gasteiger partial charge in [0.15, 0.2) is 3.92 Å². The predicted octanol–water partition coefficient (Wildman–Crippen LogP) is 6.82. The molecule has 0 radical (unpaired) electrons. The summed E-state index contributed by atoms with van der Waals surface area (Å²) in [7, 11) is -0.194. The van der Waals surface area contributed by atoms with Crippen molar-refractivity contribution in [1.82, 2.24) is 9.97 Å². The lowest BCUT2D eigenvalue weighted by molar-refractivity contribution is 0.00578. The summed E-state index contributed by atoms with van der Waals surface area (Å²) in [6.07, 6.45) is 3.59. The van der Waals surface area contributed by atoms with E-state index in [1.807, 2.05) is 40.5 Å². The highest BCUT2D eigenvalue weighted by Crippen LogP contribution is 2.36.